The zero-order chi connectivity index (χ0) is 14.9. The average molecular weight is 289 g/mol. The smallest absolute Gasteiger partial charge is 0.174 e. The molecule has 1 aliphatic rings. The molecule has 0 amide bonds. The van der Waals surface area contributed by atoms with Crippen molar-refractivity contribution in [1.29, 1.82) is 0 Å². The van der Waals surface area contributed by atoms with Crippen LogP contribution in [0.5, 0.6) is 0 Å². The van der Waals surface area contributed by atoms with Crippen LogP contribution in [0.3, 0.4) is 0 Å². The molecular weight excluding hydrogens is 274 g/mol. The summed E-state index contributed by atoms with van der Waals surface area (Å²) >= 11 is 0. The lowest BCUT2D eigenvalue weighted by atomic mass is 10.1. The van der Waals surface area contributed by atoms with Crippen LogP contribution < -0.4 is 5.32 Å². The lowest BCUT2D eigenvalue weighted by Gasteiger charge is -2.08. The van der Waals surface area contributed by atoms with Crippen LogP contribution >= 0.6 is 0 Å². The summed E-state index contributed by atoms with van der Waals surface area (Å²) in [5, 5.41) is 7.84. The fourth-order valence-corrected chi connectivity index (χ4v) is 2.65. The quantitative estimate of drug-likeness (QED) is 0.805. The van der Waals surface area contributed by atoms with Crippen LogP contribution in [-0.4, -0.2) is 33.5 Å². The number of amidine groups is 1. The number of nitrogens with one attached hydrogen (secondary N) is 1. The van der Waals surface area contributed by atoms with Gasteiger partial charge < -0.3 is 5.32 Å². The van der Waals surface area contributed by atoms with Crippen LogP contribution in [0.4, 0.5) is 0 Å². The SMILES string of the molecule is C=Cc1nc2c(C3=NCCN3)ccc(-c3ccccc3)n2n1. The van der Waals surface area contributed by atoms with E-state index in [2.05, 4.69) is 51.2 Å². The van der Waals surface area contributed by atoms with E-state index in [1.807, 2.05) is 22.7 Å². The third-order valence-electron chi connectivity index (χ3n) is 3.68. The van der Waals surface area contributed by atoms with Crippen molar-refractivity contribution < 1.29 is 0 Å². The lowest BCUT2D eigenvalue weighted by molar-refractivity contribution is 0.952. The van der Waals surface area contributed by atoms with Crippen molar-refractivity contribution in [3.8, 4) is 11.3 Å². The van der Waals surface area contributed by atoms with Crippen LogP contribution in [0.25, 0.3) is 23.0 Å². The Kier molecular flexibility index (Phi) is 2.96. The van der Waals surface area contributed by atoms with Crippen molar-refractivity contribution in [2.75, 3.05) is 13.1 Å². The lowest BCUT2D eigenvalue weighted by Crippen LogP contribution is -2.20. The van der Waals surface area contributed by atoms with E-state index in [-0.39, 0.29) is 0 Å². The molecule has 0 radical (unpaired) electrons. The Morgan fingerprint density at radius 1 is 1.14 bits per heavy atom. The zero-order valence-corrected chi connectivity index (χ0v) is 12.0. The zero-order valence-electron chi connectivity index (χ0n) is 12.0. The van der Waals surface area contributed by atoms with E-state index >= 15 is 0 Å². The first-order valence-corrected chi connectivity index (χ1v) is 7.23. The van der Waals surface area contributed by atoms with Crippen LogP contribution in [0.15, 0.2) is 54.0 Å². The molecule has 0 unspecified atom stereocenters. The number of aliphatic imine (C=N–C) groups is 1. The molecule has 0 aliphatic carbocycles. The molecule has 1 aromatic carbocycles. The predicted molar refractivity (Wildman–Crippen MR) is 87.9 cm³/mol. The van der Waals surface area contributed by atoms with Crippen LogP contribution in [0, 0.1) is 0 Å². The highest BCUT2D eigenvalue weighted by molar-refractivity contribution is 6.05. The van der Waals surface area contributed by atoms with Gasteiger partial charge in [-0.15, -0.1) is 5.10 Å². The number of rotatable bonds is 3. The summed E-state index contributed by atoms with van der Waals surface area (Å²) in [5.41, 5.74) is 3.86. The van der Waals surface area contributed by atoms with E-state index in [9.17, 15) is 0 Å². The highest BCUT2D eigenvalue weighted by Gasteiger charge is 2.17. The van der Waals surface area contributed by atoms with Crippen molar-refractivity contribution in [2.24, 2.45) is 4.99 Å². The third kappa shape index (κ3) is 1.98. The second-order valence-corrected chi connectivity index (χ2v) is 5.06. The van der Waals surface area contributed by atoms with E-state index in [4.69, 9.17) is 0 Å². The molecule has 2 aromatic heterocycles. The van der Waals surface area contributed by atoms with Gasteiger partial charge in [0.1, 0.15) is 5.84 Å². The molecule has 5 heteroatoms. The van der Waals surface area contributed by atoms with Gasteiger partial charge in [0.05, 0.1) is 17.8 Å². The minimum absolute atomic E-state index is 0.614. The topological polar surface area (TPSA) is 54.6 Å². The van der Waals surface area contributed by atoms with E-state index in [1.165, 1.54) is 0 Å². The van der Waals surface area contributed by atoms with Crippen LogP contribution in [0.2, 0.25) is 0 Å². The molecule has 1 aliphatic heterocycles. The maximum atomic E-state index is 4.57. The van der Waals surface area contributed by atoms with Gasteiger partial charge in [-0.1, -0.05) is 36.9 Å². The molecule has 1 N–H and O–H groups in total. The Labute approximate surface area is 128 Å². The standard InChI is InChI=1S/C17H15N5/c1-2-15-20-17-13(16-18-10-11-19-16)8-9-14(22(17)21-15)12-6-4-3-5-7-12/h2-9H,1,10-11H2,(H,18,19). The van der Waals surface area contributed by atoms with E-state index in [1.54, 1.807) is 6.08 Å². The van der Waals surface area contributed by atoms with Gasteiger partial charge in [-0.2, -0.15) is 0 Å². The monoisotopic (exact) mass is 289 g/mol. The second kappa shape index (κ2) is 5.11. The number of benzene rings is 1. The first kappa shape index (κ1) is 12.8. The molecule has 0 saturated carbocycles. The highest BCUT2D eigenvalue weighted by Crippen LogP contribution is 2.23. The van der Waals surface area contributed by atoms with E-state index in [0.717, 1.165) is 41.4 Å². The molecule has 0 fully saturated rings. The number of hydrogen-bond donors (Lipinski definition) is 1. The van der Waals surface area contributed by atoms with Gasteiger partial charge in [0.15, 0.2) is 11.5 Å². The molecule has 0 bridgehead atoms. The van der Waals surface area contributed by atoms with E-state index < -0.39 is 0 Å². The maximum Gasteiger partial charge on any atom is 0.174 e. The van der Waals surface area contributed by atoms with Gasteiger partial charge in [-0.25, -0.2) is 9.50 Å². The minimum Gasteiger partial charge on any atom is -0.368 e. The number of pyridine rings is 1. The maximum absolute atomic E-state index is 4.57. The Bertz CT molecular complexity index is 877. The van der Waals surface area contributed by atoms with Gasteiger partial charge >= 0.3 is 0 Å². The minimum atomic E-state index is 0.614. The van der Waals surface area contributed by atoms with Crippen LogP contribution in [0.1, 0.15) is 11.4 Å². The highest BCUT2D eigenvalue weighted by atomic mass is 15.3. The average Bonchev–Trinajstić information content (AvgIpc) is 3.24. The van der Waals surface area contributed by atoms with Gasteiger partial charge in [0.25, 0.3) is 0 Å². The second-order valence-electron chi connectivity index (χ2n) is 5.06. The van der Waals surface area contributed by atoms with Crippen LogP contribution in [-0.2, 0) is 0 Å². The first-order chi connectivity index (χ1) is 10.9. The first-order valence-electron chi connectivity index (χ1n) is 7.23. The largest absolute Gasteiger partial charge is 0.368 e. The summed E-state index contributed by atoms with van der Waals surface area (Å²) in [5.74, 6) is 1.50. The van der Waals surface area contributed by atoms with E-state index in [0.29, 0.717) is 5.82 Å². The summed E-state index contributed by atoms with van der Waals surface area (Å²) in [6.45, 7) is 5.43. The molecule has 108 valence electrons. The van der Waals surface area contributed by atoms with Gasteiger partial charge in [-0.3, -0.25) is 4.99 Å². The number of nitrogens with zero attached hydrogens (tertiary/aromatic N) is 4. The Hall–Kier alpha value is -2.95. The molecule has 5 nitrogen and oxygen atoms in total. The predicted octanol–water partition coefficient (Wildman–Crippen LogP) is 2.39. The number of fused-ring (bicyclic) bond motifs is 1. The molecule has 3 heterocycles. The van der Waals surface area contributed by atoms with Crippen molar-refractivity contribution in [2.45, 2.75) is 0 Å². The molecule has 0 saturated heterocycles. The summed E-state index contributed by atoms with van der Waals surface area (Å²) in [7, 11) is 0. The Balaban J connectivity index is 1.99. The molecule has 3 aromatic rings. The molecule has 0 atom stereocenters. The summed E-state index contributed by atoms with van der Waals surface area (Å²) in [6, 6.07) is 14.3. The third-order valence-corrected chi connectivity index (χ3v) is 3.68. The summed E-state index contributed by atoms with van der Waals surface area (Å²) < 4.78 is 1.87. The van der Waals surface area contributed by atoms with Gasteiger partial charge in [0, 0.05) is 12.1 Å². The Morgan fingerprint density at radius 2 is 2.00 bits per heavy atom. The molecular formula is C17H15N5. The van der Waals surface area contributed by atoms with Crippen molar-refractivity contribution in [3.05, 3.63) is 60.4 Å². The fraction of sp³-hybridized carbons (Fsp3) is 0.118. The summed E-state index contributed by atoms with van der Waals surface area (Å²) in [6.07, 6.45) is 1.66. The fourth-order valence-electron chi connectivity index (χ4n) is 2.65. The molecule has 4 rings (SSSR count). The van der Waals surface area contributed by atoms with Gasteiger partial charge in [0.2, 0.25) is 0 Å². The molecule has 0 spiro atoms. The number of aromatic nitrogens is 3. The van der Waals surface area contributed by atoms with Crippen molar-refractivity contribution >= 4 is 17.6 Å². The van der Waals surface area contributed by atoms with Crippen molar-refractivity contribution in [3.63, 3.8) is 0 Å². The summed E-state index contributed by atoms with van der Waals surface area (Å²) in [4.78, 5) is 9.07. The molecule has 22 heavy (non-hydrogen) atoms. The van der Waals surface area contributed by atoms with Gasteiger partial charge in [-0.05, 0) is 18.2 Å². The Morgan fingerprint density at radius 3 is 2.73 bits per heavy atom. The number of hydrogen-bond acceptors (Lipinski definition) is 4. The normalized spacial score (nSPS) is 13.9. The van der Waals surface area contributed by atoms with Crippen molar-refractivity contribution in [1.82, 2.24) is 19.9 Å².